The fraction of sp³-hybridized carbons (Fsp3) is 0.923. The van der Waals surface area contributed by atoms with Crippen molar-refractivity contribution in [1.82, 2.24) is 10.2 Å². The minimum absolute atomic E-state index is 0.0358. The van der Waals surface area contributed by atoms with Gasteiger partial charge in [0.2, 0.25) is 5.91 Å². The number of ether oxygens (including phenoxy) is 1. The van der Waals surface area contributed by atoms with E-state index in [1.165, 1.54) is 25.9 Å². The van der Waals surface area contributed by atoms with Gasteiger partial charge in [-0.3, -0.25) is 14.4 Å². The quantitative estimate of drug-likeness (QED) is 0.189. The Balaban J connectivity index is 1.26. The highest BCUT2D eigenvalue weighted by atomic mass is 16.5. The Morgan fingerprint density at radius 1 is 0.822 bits per heavy atom. The molecule has 0 bridgehead atoms. The zero-order chi connectivity index (χ0) is 32.6. The number of rotatable bonds is 6. The molecule has 9 atom stereocenters. The maximum Gasteiger partial charge on any atom is 0.312 e. The molecule has 1 N–H and O–H groups in total. The number of amides is 1. The molecule has 0 spiro atoms. The lowest BCUT2D eigenvalue weighted by atomic mass is 9.31. The minimum Gasteiger partial charge on any atom is -0.469 e. The number of esters is 1. The van der Waals surface area contributed by atoms with Crippen molar-refractivity contribution in [1.29, 1.82) is 0 Å². The van der Waals surface area contributed by atoms with Crippen molar-refractivity contribution in [3.8, 4) is 0 Å². The van der Waals surface area contributed by atoms with E-state index < -0.39 is 11.3 Å². The molecule has 0 aromatic rings. The molecule has 6 fully saturated rings. The van der Waals surface area contributed by atoms with Gasteiger partial charge in [0.15, 0.2) is 5.78 Å². The SMILES string of the molecule is COC(=O)C12CCC(C)(C)CC1C1CCC3C4(C)CC(C(=O)NCCCN5CCCC5)C(=O)C(C)(C)C4CCC3(C)C1(C)CC2. The van der Waals surface area contributed by atoms with Crippen LogP contribution in [0, 0.1) is 62.1 Å². The van der Waals surface area contributed by atoms with E-state index in [-0.39, 0.29) is 44.7 Å². The summed E-state index contributed by atoms with van der Waals surface area (Å²) in [5.41, 5.74) is -0.445. The Bertz CT molecular complexity index is 1190. The molecule has 1 heterocycles. The predicted octanol–water partition coefficient (Wildman–Crippen LogP) is 7.44. The topological polar surface area (TPSA) is 75.7 Å². The second kappa shape index (κ2) is 11.3. The lowest BCUT2D eigenvalue weighted by molar-refractivity contribution is -0.246. The molecule has 1 saturated heterocycles. The van der Waals surface area contributed by atoms with Gasteiger partial charge in [0, 0.05) is 12.0 Å². The predicted molar refractivity (Wildman–Crippen MR) is 178 cm³/mol. The number of Topliss-reactive ketones (excluding diaryl/α,β-unsaturated/α-hetero) is 1. The van der Waals surface area contributed by atoms with Gasteiger partial charge in [-0.2, -0.15) is 0 Å². The molecule has 6 nitrogen and oxygen atoms in total. The summed E-state index contributed by atoms with van der Waals surface area (Å²) in [6.07, 6.45) is 13.8. The standard InChI is InChI=1S/C39H64N2O4/c1-34(2)16-18-39(33(44)45-8)19-17-37(6)27(28(39)25-34)12-13-30-36(5)24-26(32(43)40-20-11-23-41-21-9-10-22-41)31(42)35(3,4)29(36)14-15-38(30,37)7/h26-30H,9-25H2,1-8H3,(H,40,43). The number of nitrogens with one attached hydrogen (secondary N) is 1. The van der Waals surface area contributed by atoms with E-state index in [1.54, 1.807) is 7.11 Å². The second-order valence-corrected chi connectivity index (χ2v) is 18.8. The maximum atomic E-state index is 14.1. The number of carbonyl (C=O) groups excluding carboxylic acids is 3. The van der Waals surface area contributed by atoms with Gasteiger partial charge in [-0.1, -0.05) is 48.5 Å². The van der Waals surface area contributed by atoms with Crippen LogP contribution >= 0.6 is 0 Å². The molecule has 6 aliphatic rings. The Morgan fingerprint density at radius 3 is 2.20 bits per heavy atom. The molecule has 5 saturated carbocycles. The van der Waals surface area contributed by atoms with Gasteiger partial charge in [-0.25, -0.2) is 0 Å². The molecule has 6 heteroatoms. The number of hydrogen-bond donors (Lipinski definition) is 1. The molecule has 0 aromatic carbocycles. The Morgan fingerprint density at radius 2 is 1.51 bits per heavy atom. The van der Waals surface area contributed by atoms with E-state index in [0.29, 0.717) is 36.6 Å². The number of fused-ring (bicyclic) bond motifs is 7. The highest BCUT2D eigenvalue weighted by Gasteiger charge is 2.72. The second-order valence-electron chi connectivity index (χ2n) is 18.8. The Labute approximate surface area is 273 Å². The summed E-state index contributed by atoms with van der Waals surface area (Å²) in [4.78, 5) is 44.0. The largest absolute Gasteiger partial charge is 0.469 e. The van der Waals surface area contributed by atoms with Crippen LogP contribution in [0.1, 0.15) is 132 Å². The molecule has 45 heavy (non-hydrogen) atoms. The van der Waals surface area contributed by atoms with E-state index in [1.807, 2.05) is 0 Å². The van der Waals surface area contributed by atoms with Gasteiger partial charge in [0.1, 0.15) is 0 Å². The summed E-state index contributed by atoms with van der Waals surface area (Å²) in [6.45, 7) is 20.8. The number of hydrogen-bond acceptors (Lipinski definition) is 5. The fourth-order valence-corrected chi connectivity index (χ4v) is 13.5. The van der Waals surface area contributed by atoms with Crippen molar-refractivity contribution < 1.29 is 19.1 Å². The summed E-state index contributed by atoms with van der Waals surface area (Å²) in [5, 5.41) is 3.22. The smallest absolute Gasteiger partial charge is 0.312 e. The zero-order valence-electron chi connectivity index (χ0n) is 30.0. The fourth-order valence-electron chi connectivity index (χ4n) is 13.5. The van der Waals surface area contributed by atoms with Crippen LogP contribution in [0.2, 0.25) is 0 Å². The van der Waals surface area contributed by atoms with Crippen LogP contribution in [0.3, 0.4) is 0 Å². The van der Waals surface area contributed by atoms with Crippen LogP contribution in [0.5, 0.6) is 0 Å². The number of nitrogens with zero attached hydrogens (tertiary/aromatic N) is 1. The van der Waals surface area contributed by atoms with Crippen molar-refractivity contribution in [3.05, 3.63) is 0 Å². The van der Waals surface area contributed by atoms with Crippen molar-refractivity contribution in [2.45, 2.75) is 132 Å². The first-order valence-electron chi connectivity index (χ1n) is 18.7. The molecule has 0 radical (unpaired) electrons. The van der Waals surface area contributed by atoms with E-state index in [4.69, 9.17) is 4.74 Å². The third-order valence-electron chi connectivity index (χ3n) is 16.0. The number of ketones is 1. The average Bonchev–Trinajstić information content (AvgIpc) is 3.50. The molecular weight excluding hydrogens is 560 g/mol. The van der Waals surface area contributed by atoms with Gasteiger partial charge in [-0.05, 0) is 148 Å². The normalized spacial score (nSPS) is 45.4. The maximum absolute atomic E-state index is 14.1. The molecule has 6 rings (SSSR count). The molecule has 9 unspecified atom stereocenters. The lowest BCUT2D eigenvalue weighted by Gasteiger charge is -2.73. The Hall–Kier alpha value is -1.43. The third kappa shape index (κ3) is 4.98. The van der Waals surface area contributed by atoms with Crippen LogP contribution in [0.15, 0.2) is 0 Å². The van der Waals surface area contributed by atoms with Gasteiger partial charge >= 0.3 is 5.97 Å². The first-order valence-corrected chi connectivity index (χ1v) is 18.7. The van der Waals surface area contributed by atoms with Crippen LogP contribution < -0.4 is 5.32 Å². The van der Waals surface area contributed by atoms with E-state index in [9.17, 15) is 14.4 Å². The van der Waals surface area contributed by atoms with Gasteiger partial charge < -0.3 is 15.0 Å². The third-order valence-corrected chi connectivity index (χ3v) is 16.0. The molecule has 0 aromatic heterocycles. The molecule has 254 valence electrons. The van der Waals surface area contributed by atoms with E-state index >= 15 is 0 Å². The van der Waals surface area contributed by atoms with Gasteiger partial charge in [0.25, 0.3) is 0 Å². The van der Waals surface area contributed by atoms with Gasteiger partial charge in [-0.15, -0.1) is 0 Å². The molecular formula is C39H64N2O4. The first-order chi connectivity index (χ1) is 21.1. The van der Waals surface area contributed by atoms with Crippen molar-refractivity contribution in [2.75, 3.05) is 33.3 Å². The molecule has 1 aliphatic heterocycles. The van der Waals surface area contributed by atoms with Crippen molar-refractivity contribution in [2.24, 2.45) is 62.1 Å². The summed E-state index contributed by atoms with van der Waals surface area (Å²) in [5.74, 6) is 1.22. The number of likely N-dealkylation sites (tertiary alicyclic amines) is 1. The summed E-state index contributed by atoms with van der Waals surface area (Å²) < 4.78 is 5.57. The monoisotopic (exact) mass is 624 g/mol. The summed E-state index contributed by atoms with van der Waals surface area (Å²) >= 11 is 0. The van der Waals surface area contributed by atoms with Crippen LogP contribution in [-0.4, -0.2) is 55.8 Å². The number of carbonyl (C=O) groups is 3. The molecule has 1 amide bonds. The minimum atomic E-state index is -0.557. The molecule has 5 aliphatic carbocycles. The summed E-state index contributed by atoms with van der Waals surface area (Å²) in [6, 6.07) is 0. The lowest BCUT2D eigenvalue weighted by Crippen LogP contribution is -2.68. The average molecular weight is 625 g/mol. The van der Waals surface area contributed by atoms with Crippen LogP contribution in [-0.2, 0) is 19.1 Å². The van der Waals surface area contributed by atoms with Crippen LogP contribution in [0.25, 0.3) is 0 Å². The first kappa shape index (κ1) is 33.5. The highest BCUT2D eigenvalue weighted by Crippen LogP contribution is 2.77. The van der Waals surface area contributed by atoms with Crippen molar-refractivity contribution >= 4 is 17.7 Å². The van der Waals surface area contributed by atoms with Crippen LogP contribution in [0.4, 0.5) is 0 Å². The van der Waals surface area contributed by atoms with E-state index in [2.05, 4.69) is 58.7 Å². The number of methoxy groups -OCH3 is 1. The zero-order valence-corrected chi connectivity index (χ0v) is 30.0. The van der Waals surface area contributed by atoms with Gasteiger partial charge in [0.05, 0.1) is 18.4 Å². The Kier molecular flexibility index (Phi) is 8.43. The van der Waals surface area contributed by atoms with E-state index in [0.717, 1.165) is 70.8 Å². The highest BCUT2D eigenvalue weighted by molar-refractivity contribution is 6.04. The summed E-state index contributed by atoms with van der Waals surface area (Å²) in [7, 11) is 1.59. The van der Waals surface area contributed by atoms with Crippen molar-refractivity contribution in [3.63, 3.8) is 0 Å².